The van der Waals surface area contributed by atoms with Crippen molar-refractivity contribution in [2.45, 2.75) is 413 Å². The van der Waals surface area contributed by atoms with Gasteiger partial charge in [0, 0.05) is 6.42 Å². The van der Waals surface area contributed by atoms with Gasteiger partial charge in [-0.1, -0.05) is 381 Å². The highest BCUT2D eigenvalue weighted by Crippen LogP contribution is 2.22. The smallest absolute Gasteiger partial charge is 0.306 e. The third-order valence-corrected chi connectivity index (χ3v) is 15.9. The first-order valence-corrected chi connectivity index (χ1v) is 33.9. The third kappa shape index (κ3) is 67.0. The summed E-state index contributed by atoms with van der Waals surface area (Å²) in [5.74, 6) is -0.627. The Hall–Kier alpha value is -1.06. The normalized spacial score (nSPS) is 11.8. The zero-order valence-corrected chi connectivity index (χ0v) is 50.4. The van der Waals surface area contributed by atoms with Gasteiger partial charge >= 0.3 is 11.9 Å². The van der Waals surface area contributed by atoms with Gasteiger partial charge < -0.3 is 9.84 Å². The third-order valence-electron chi connectivity index (χ3n) is 15.9. The second kappa shape index (κ2) is 68.0. The predicted molar refractivity (Wildman–Crippen MR) is 322 cm³/mol. The number of carbonyl (C=O) groups excluding carboxylic acids is 1. The van der Waals surface area contributed by atoms with Gasteiger partial charge in [0.25, 0.3) is 0 Å². The summed E-state index contributed by atoms with van der Waals surface area (Å²) in [6, 6.07) is 0. The molecule has 0 amide bonds. The molecule has 0 bridgehead atoms. The van der Waals surface area contributed by atoms with E-state index < -0.39 is 5.97 Å². The van der Waals surface area contributed by atoms with E-state index >= 15 is 0 Å². The largest absolute Gasteiger partial charge is 0.481 e. The first-order chi connectivity index (χ1) is 35.5. The minimum Gasteiger partial charge on any atom is -0.481 e. The van der Waals surface area contributed by atoms with E-state index in [0.717, 1.165) is 38.5 Å². The topological polar surface area (TPSA) is 63.6 Å². The number of esters is 1. The van der Waals surface area contributed by atoms with Crippen LogP contribution in [-0.2, 0) is 14.3 Å². The fraction of sp³-hybridized carbons (Fsp3) is 0.971. The van der Waals surface area contributed by atoms with E-state index in [-0.39, 0.29) is 11.9 Å². The Labute approximate surface area is 454 Å². The lowest BCUT2D eigenvalue weighted by molar-refractivity contribution is -0.144. The summed E-state index contributed by atoms with van der Waals surface area (Å²) in [6.07, 6.45) is 80.0. The van der Waals surface area contributed by atoms with E-state index in [1.165, 1.54) is 340 Å². The first-order valence-electron chi connectivity index (χ1n) is 33.9. The number of carbonyl (C=O) groups is 2. The van der Waals surface area contributed by atoms with Gasteiger partial charge in [-0.25, -0.2) is 0 Å². The number of hydrogen-bond donors (Lipinski definition) is 1. The van der Waals surface area contributed by atoms with E-state index in [1.807, 2.05) is 0 Å². The summed E-state index contributed by atoms with van der Waals surface area (Å²) in [6.45, 7) is 9.78. The minimum absolute atomic E-state index is 0.0257. The molecular formula is C68H136O4. The van der Waals surface area contributed by atoms with Crippen LogP contribution in [0, 0.1) is 5.92 Å². The molecule has 72 heavy (non-hydrogen) atoms. The summed E-state index contributed by atoms with van der Waals surface area (Å²) in [5.41, 5.74) is 0. The molecule has 0 spiro atoms. The highest BCUT2D eigenvalue weighted by Gasteiger charge is 2.16. The van der Waals surface area contributed by atoms with Gasteiger partial charge in [0.15, 0.2) is 0 Å². The Morgan fingerprint density at radius 3 is 0.653 bits per heavy atom. The van der Waals surface area contributed by atoms with Crippen LogP contribution < -0.4 is 0 Å². The molecular weight excluding hydrogens is 881 g/mol. The number of aliphatic carboxylic acids is 1. The van der Waals surface area contributed by atoms with Crippen LogP contribution >= 0.6 is 0 Å². The van der Waals surface area contributed by atoms with Crippen LogP contribution in [0.15, 0.2) is 0 Å². The summed E-state index contributed by atoms with van der Waals surface area (Å²) in [5, 5.41) is 9.60. The fourth-order valence-electron chi connectivity index (χ4n) is 10.8. The maximum absolute atomic E-state index is 11.9. The van der Waals surface area contributed by atoms with Gasteiger partial charge in [-0.05, 0) is 25.7 Å². The molecule has 0 aromatic carbocycles. The Bertz CT molecular complexity index is 979. The van der Waals surface area contributed by atoms with Gasteiger partial charge in [-0.2, -0.15) is 0 Å². The van der Waals surface area contributed by atoms with Crippen LogP contribution in [0.25, 0.3) is 0 Å². The molecule has 0 aliphatic carbocycles. The molecule has 0 rings (SSSR count). The zero-order chi connectivity index (χ0) is 52.6. The van der Waals surface area contributed by atoms with Crippen molar-refractivity contribution in [3.8, 4) is 0 Å². The van der Waals surface area contributed by atoms with Crippen LogP contribution in [-0.4, -0.2) is 23.7 Å². The van der Waals surface area contributed by atoms with Crippen LogP contribution in [0.5, 0.6) is 0 Å². The zero-order valence-electron chi connectivity index (χ0n) is 50.4. The maximum atomic E-state index is 11.9. The molecule has 0 aliphatic heterocycles. The van der Waals surface area contributed by atoms with Crippen LogP contribution in [0.3, 0.4) is 0 Å². The van der Waals surface area contributed by atoms with Crippen molar-refractivity contribution in [2.24, 2.45) is 5.92 Å². The van der Waals surface area contributed by atoms with Gasteiger partial charge in [-0.3, -0.25) is 9.59 Å². The number of rotatable bonds is 62. The highest BCUT2D eigenvalue weighted by atomic mass is 16.5. The van der Waals surface area contributed by atoms with Crippen LogP contribution in [0.1, 0.15) is 413 Å². The van der Waals surface area contributed by atoms with E-state index in [2.05, 4.69) is 27.7 Å². The second-order valence-electron chi connectivity index (χ2n) is 23.3. The summed E-state index contributed by atoms with van der Waals surface area (Å²) < 4.78 is 5.42. The average molecular weight is 1020 g/mol. The Balaban J connectivity index is 0. The van der Waals surface area contributed by atoms with Gasteiger partial charge in [-0.15, -0.1) is 0 Å². The van der Waals surface area contributed by atoms with Crippen LogP contribution in [0.4, 0.5) is 0 Å². The monoisotopic (exact) mass is 1020 g/mol. The number of carboxylic acids is 1. The molecule has 0 aromatic heterocycles. The van der Waals surface area contributed by atoms with Gasteiger partial charge in [0.1, 0.15) is 0 Å². The molecule has 0 fully saturated rings. The van der Waals surface area contributed by atoms with Crippen molar-refractivity contribution in [1.82, 2.24) is 0 Å². The summed E-state index contributed by atoms with van der Waals surface area (Å²) in [4.78, 5) is 23.5. The Morgan fingerprint density at radius 1 is 0.264 bits per heavy atom. The van der Waals surface area contributed by atoms with E-state index in [1.54, 1.807) is 0 Å². The average Bonchev–Trinajstić information content (AvgIpc) is 3.38. The lowest BCUT2D eigenvalue weighted by atomic mass is 9.94. The predicted octanol–water partition coefficient (Wildman–Crippen LogP) is 24.7. The molecule has 1 unspecified atom stereocenters. The molecule has 432 valence electrons. The second-order valence-corrected chi connectivity index (χ2v) is 23.3. The molecule has 1 N–H and O–H groups in total. The fourth-order valence-corrected chi connectivity index (χ4v) is 10.8. The Morgan fingerprint density at radius 2 is 0.444 bits per heavy atom. The number of hydrogen-bond acceptors (Lipinski definition) is 3. The number of unbranched alkanes of at least 4 members (excludes halogenated alkanes) is 53. The molecule has 0 saturated carbocycles. The van der Waals surface area contributed by atoms with Crippen molar-refractivity contribution in [3.63, 3.8) is 0 Å². The highest BCUT2D eigenvalue weighted by molar-refractivity contribution is 5.70. The number of ether oxygens (including phenoxy) is 1. The molecule has 0 radical (unpaired) electrons. The van der Waals surface area contributed by atoms with E-state index in [4.69, 9.17) is 4.74 Å². The van der Waals surface area contributed by atoms with E-state index in [9.17, 15) is 14.7 Å². The minimum atomic E-state index is -0.555. The Kier molecular flexibility index (Phi) is 68.9. The van der Waals surface area contributed by atoms with Crippen molar-refractivity contribution in [3.05, 3.63) is 0 Å². The van der Waals surface area contributed by atoms with Crippen molar-refractivity contribution in [2.75, 3.05) is 6.61 Å². The molecule has 4 nitrogen and oxygen atoms in total. The molecule has 0 heterocycles. The first kappa shape index (κ1) is 73.0. The van der Waals surface area contributed by atoms with Crippen molar-refractivity contribution >= 4 is 11.9 Å². The molecule has 0 aromatic rings. The summed E-state index contributed by atoms with van der Waals surface area (Å²) in [7, 11) is 0. The molecule has 4 heteroatoms. The standard InChI is InChI=1S/C36H72O2.C32H64O2/c1-3-5-7-9-11-13-15-17-19-20-22-24-26-28-30-32-34-35(36(37)38)33-31-29-27-25-23-21-18-16-14-12-10-8-6-4-2;1-3-5-7-9-11-13-15-17-19-21-23-25-27-29-31-34-32(33)30-28-26-24-22-20-18-16-14-12-10-8-6-4-2/h35H,3-34H2,1-2H3,(H,37,38);3-31H2,1-2H3. The van der Waals surface area contributed by atoms with Crippen molar-refractivity contribution in [1.29, 1.82) is 0 Å². The lowest BCUT2D eigenvalue weighted by Crippen LogP contribution is -2.13. The molecule has 1 atom stereocenters. The summed E-state index contributed by atoms with van der Waals surface area (Å²) >= 11 is 0. The van der Waals surface area contributed by atoms with Gasteiger partial charge in [0.05, 0.1) is 12.5 Å². The van der Waals surface area contributed by atoms with Crippen LogP contribution in [0.2, 0.25) is 0 Å². The van der Waals surface area contributed by atoms with Crippen molar-refractivity contribution < 1.29 is 19.4 Å². The van der Waals surface area contributed by atoms with Gasteiger partial charge in [0.2, 0.25) is 0 Å². The van der Waals surface area contributed by atoms with E-state index in [0.29, 0.717) is 13.0 Å². The SMILES string of the molecule is CCCCCCCCCCCCCCCCCCC(CCCCCCCCCCCCCCCC)C(=O)O.CCCCCCCCCCCCCCCCOC(=O)CCCCCCCCCCCCCCC. The lowest BCUT2D eigenvalue weighted by Gasteiger charge is -2.12. The molecule has 0 saturated heterocycles. The maximum Gasteiger partial charge on any atom is 0.306 e. The number of carboxylic acid groups (broad SMARTS) is 1. The molecule has 0 aliphatic rings. The quantitative estimate of drug-likeness (QED) is 0.0487.